The van der Waals surface area contributed by atoms with Crippen molar-refractivity contribution in [1.29, 1.82) is 0 Å². The number of amides is 1. The van der Waals surface area contributed by atoms with Gasteiger partial charge in [0.25, 0.3) is 5.91 Å². The largest absolute Gasteiger partial charge is 0.357 e. The molecule has 0 atom stereocenters. The molecule has 8 heteroatoms. The fraction of sp³-hybridized carbons (Fsp3) is 0.308. The Hall–Kier alpha value is -3.45. The lowest BCUT2D eigenvalue weighted by Crippen LogP contribution is -2.24. The fourth-order valence-corrected chi connectivity index (χ4v) is 4.61. The Morgan fingerprint density at radius 1 is 1.06 bits per heavy atom. The summed E-state index contributed by atoms with van der Waals surface area (Å²) in [6.45, 7) is 2.49. The minimum Gasteiger partial charge on any atom is -0.357 e. The highest BCUT2D eigenvalue weighted by molar-refractivity contribution is 6.30. The van der Waals surface area contributed by atoms with Crippen LogP contribution in [0.2, 0.25) is 5.02 Å². The average molecular weight is 475 g/mol. The minimum atomic E-state index is -0.235. The number of pyridine rings is 2. The molecule has 0 radical (unpaired) electrons. The first kappa shape index (κ1) is 22.3. The van der Waals surface area contributed by atoms with Gasteiger partial charge in [-0.1, -0.05) is 36.6 Å². The van der Waals surface area contributed by atoms with Crippen LogP contribution in [0.3, 0.4) is 0 Å². The molecule has 174 valence electrons. The van der Waals surface area contributed by atoms with Gasteiger partial charge in [-0.3, -0.25) is 9.78 Å². The van der Waals surface area contributed by atoms with E-state index >= 15 is 0 Å². The number of halogens is 1. The van der Waals surface area contributed by atoms with Gasteiger partial charge in [-0.2, -0.15) is 5.10 Å². The highest BCUT2D eigenvalue weighted by Crippen LogP contribution is 2.29. The van der Waals surface area contributed by atoms with Crippen LogP contribution in [0.15, 0.2) is 54.7 Å². The number of carbonyl (C=O) groups excluding carboxylic acids is 1. The van der Waals surface area contributed by atoms with E-state index in [0.29, 0.717) is 17.3 Å². The van der Waals surface area contributed by atoms with E-state index in [4.69, 9.17) is 21.7 Å². The first-order chi connectivity index (χ1) is 16.6. The van der Waals surface area contributed by atoms with Crippen LogP contribution in [0, 0.1) is 0 Å². The smallest absolute Gasteiger partial charge is 0.270 e. The van der Waals surface area contributed by atoms with Gasteiger partial charge < -0.3 is 10.2 Å². The highest BCUT2D eigenvalue weighted by atomic mass is 35.5. The van der Waals surface area contributed by atoms with E-state index < -0.39 is 0 Å². The van der Waals surface area contributed by atoms with Crippen LogP contribution in [0.5, 0.6) is 0 Å². The maximum Gasteiger partial charge on any atom is 0.270 e. The van der Waals surface area contributed by atoms with Crippen molar-refractivity contribution in [3.8, 4) is 11.3 Å². The van der Waals surface area contributed by atoms with Crippen LogP contribution >= 0.6 is 11.6 Å². The molecule has 7 nitrogen and oxygen atoms in total. The van der Waals surface area contributed by atoms with Crippen molar-refractivity contribution < 1.29 is 4.79 Å². The topological polar surface area (TPSA) is 75.9 Å². The third-order valence-electron chi connectivity index (χ3n) is 6.21. The lowest BCUT2D eigenvalue weighted by Gasteiger charge is -2.21. The second kappa shape index (κ2) is 9.81. The number of hydrogen-bond acceptors (Lipinski definition) is 5. The Kier molecular flexibility index (Phi) is 6.45. The van der Waals surface area contributed by atoms with Crippen LogP contribution in [0.25, 0.3) is 22.3 Å². The van der Waals surface area contributed by atoms with Crippen molar-refractivity contribution >= 4 is 34.4 Å². The van der Waals surface area contributed by atoms with E-state index in [1.807, 2.05) is 36.0 Å². The van der Waals surface area contributed by atoms with E-state index in [-0.39, 0.29) is 5.91 Å². The molecule has 5 rings (SSSR count). The Morgan fingerprint density at radius 2 is 1.88 bits per heavy atom. The summed E-state index contributed by atoms with van der Waals surface area (Å²) in [6.07, 6.45) is 6.69. The number of fused-ring (bicyclic) bond motifs is 1. The standard InChI is InChI=1S/C26H27ClN6O/c1-32-25-21(10-12-23(30-25)33-13-4-2-3-5-14-33)24(31-32)19-9-11-22(28-17-19)26(34)29-16-18-7-6-8-20(27)15-18/h6-12,15,17H,2-5,13-14,16H2,1H3,(H,29,34). The highest BCUT2D eigenvalue weighted by Gasteiger charge is 2.17. The zero-order valence-electron chi connectivity index (χ0n) is 19.2. The summed E-state index contributed by atoms with van der Waals surface area (Å²) >= 11 is 6.01. The molecule has 1 aliphatic rings. The average Bonchev–Trinajstić information content (AvgIpc) is 3.02. The molecule has 1 N–H and O–H groups in total. The number of carbonyl (C=O) groups is 1. The molecule has 0 unspecified atom stereocenters. The zero-order chi connectivity index (χ0) is 23.5. The summed E-state index contributed by atoms with van der Waals surface area (Å²) in [5, 5.41) is 9.21. The van der Waals surface area contributed by atoms with E-state index in [9.17, 15) is 4.79 Å². The van der Waals surface area contributed by atoms with Gasteiger partial charge in [0.05, 0.1) is 0 Å². The van der Waals surface area contributed by atoms with Crippen LogP contribution in [0.1, 0.15) is 41.7 Å². The Balaban J connectivity index is 1.33. The molecule has 1 aromatic carbocycles. The molecule has 3 aromatic heterocycles. The minimum absolute atomic E-state index is 0.235. The molecule has 0 saturated carbocycles. The van der Waals surface area contributed by atoms with Crippen LogP contribution in [-0.4, -0.2) is 38.7 Å². The molecule has 0 aliphatic carbocycles. The number of hydrogen-bond donors (Lipinski definition) is 1. The zero-order valence-corrected chi connectivity index (χ0v) is 19.9. The van der Waals surface area contributed by atoms with E-state index in [1.165, 1.54) is 25.7 Å². The lowest BCUT2D eigenvalue weighted by molar-refractivity contribution is 0.0946. The van der Waals surface area contributed by atoms with Crippen molar-refractivity contribution in [3.63, 3.8) is 0 Å². The van der Waals surface area contributed by atoms with Crippen LogP contribution < -0.4 is 10.2 Å². The summed E-state index contributed by atoms with van der Waals surface area (Å²) < 4.78 is 1.82. The molecular formula is C26H27ClN6O. The molecule has 0 bridgehead atoms. The maximum absolute atomic E-state index is 12.5. The number of rotatable bonds is 5. The summed E-state index contributed by atoms with van der Waals surface area (Å²) in [6, 6.07) is 15.2. The quantitative estimate of drug-likeness (QED) is 0.440. The summed E-state index contributed by atoms with van der Waals surface area (Å²) in [5.74, 6) is 0.773. The molecular weight excluding hydrogens is 448 g/mol. The monoisotopic (exact) mass is 474 g/mol. The molecule has 1 aliphatic heterocycles. The third-order valence-corrected chi connectivity index (χ3v) is 6.45. The van der Waals surface area contributed by atoms with Gasteiger partial charge in [-0.15, -0.1) is 0 Å². The number of nitrogens with one attached hydrogen (secondary N) is 1. The predicted molar refractivity (Wildman–Crippen MR) is 135 cm³/mol. The fourth-order valence-electron chi connectivity index (χ4n) is 4.40. The van der Waals surface area contributed by atoms with E-state index in [1.54, 1.807) is 18.3 Å². The summed E-state index contributed by atoms with van der Waals surface area (Å²) in [7, 11) is 1.91. The van der Waals surface area contributed by atoms with Gasteiger partial charge in [0.15, 0.2) is 5.65 Å². The van der Waals surface area contributed by atoms with Gasteiger partial charge in [0.2, 0.25) is 0 Å². The summed E-state index contributed by atoms with van der Waals surface area (Å²) in [4.78, 5) is 24.2. The molecule has 1 fully saturated rings. The molecule has 1 saturated heterocycles. The van der Waals surface area contributed by atoms with E-state index in [2.05, 4.69) is 27.3 Å². The van der Waals surface area contributed by atoms with E-state index in [0.717, 1.165) is 46.8 Å². The van der Waals surface area contributed by atoms with Gasteiger partial charge in [0, 0.05) is 48.9 Å². The van der Waals surface area contributed by atoms with Crippen molar-refractivity contribution in [2.24, 2.45) is 7.05 Å². The van der Waals surface area contributed by atoms with Gasteiger partial charge in [-0.05, 0) is 54.8 Å². The van der Waals surface area contributed by atoms with Crippen LogP contribution in [0.4, 0.5) is 5.82 Å². The number of aryl methyl sites for hydroxylation is 1. The first-order valence-corrected chi connectivity index (χ1v) is 12.0. The van der Waals surface area contributed by atoms with Gasteiger partial charge >= 0.3 is 0 Å². The molecule has 0 spiro atoms. The molecule has 34 heavy (non-hydrogen) atoms. The molecule has 4 heterocycles. The lowest BCUT2D eigenvalue weighted by atomic mass is 10.1. The Labute approximate surface area is 203 Å². The first-order valence-electron chi connectivity index (χ1n) is 11.7. The SMILES string of the molecule is Cn1nc(-c2ccc(C(=O)NCc3cccc(Cl)c3)nc2)c2ccc(N3CCCCCC3)nc21. The summed E-state index contributed by atoms with van der Waals surface area (Å²) in [5.41, 5.74) is 3.80. The Bertz CT molecular complexity index is 1310. The maximum atomic E-state index is 12.5. The molecule has 4 aromatic rings. The number of anilines is 1. The van der Waals surface area contributed by atoms with Crippen LogP contribution in [-0.2, 0) is 13.6 Å². The normalized spacial score (nSPS) is 14.2. The van der Waals surface area contributed by atoms with Crippen molar-refractivity contribution in [2.75, 3.05) is 18.0 Å². The number of nitrogens with zero attached hydrogens (tertiary/aromatic N) is 5. The van der Waals surface area contributed by atoms with Crippen molar-refractivity contribution in [2.45, 2.75) is 32.2 Å². The number of benzene rings is 1. The third kappa shape index (κ3) is 4.75. The van der Waals surface area contributed by atoms with Gasteiger partial charge in [0.1, 0.15) is 17.2 Å². The second-order valence-corrected chi connectivity index (χ2v) is 9.10. The second-order valence-electron chi connectivity index (χ2n) is 8.66. The predicted octanol–water partition coefficient (Wildman–Crippen LogP) is 4.99. The van der Waals surface area contributed by atoms with Crippen molar-refractivity contribution in [1.82, 2.24) is 25.1 Å². The Morgan fingerprint density at radius 3 is 2.62 bits per heavy atom. The van der Waals surface area contributed by atoms with Crippen molar-refractivity contribution in [3.05, 3.63) is 71.0 Å². The number of aromatic nitrogens is 4. The molecule has 1 amide bonds. The van der Waals surface area contributed by atoms with Gasteiger partial charge in [-0.25, -0.2) is 9.67 Å².